The Balaban J connectivity index is 1.95. The van der Waals surface area contributed by atoms with E-state index in [1.54, 1.807) is 36.7 Å². The van der Waals surface area contributed by atoms with Crippen LogP contribution in [-0.4, -0.2) is 34.8 Å². The van der Waals surface area contributed by atoms with Gasteiger partial charge in [0.25, 0.3) is 0 Å². The summed E-state index contributed by atoms with van der Waals surface area (Å²) in [6.07, 6.45) is 8.32. The number of aromatic amines is 1. The van der Waals surface area contributed by atoms with Crippen molar-refractivity contribution in [2.75, 3.05) is 13.7 Å². The Morgan fingerprint density at radius 2 is 2.38 bits per heavy atom. The van der Waals surface area contributed by atoms with Gasteiger partial charge in [-0.25, -0.2) is 5.10 Å². The molecule has 1 aromatic carbocycles. The number of H-pyrrole nitrogens is 1. The molecule has 132 valence electrons. The van der Waals surface area contributed by atoms with Crippen molar-refractivity contribution >= 4 is 30.0 Å². The normalized spacial score (nSPS) is 10.8. The van der Waals surface area contributed by atoms with Crippen molar-refractivity contribution in [3.63, 3.8) is 0 Å². The molecule has 0 atom stereocenters. The summed E-state index contributed by atoms with van der Waals surface area (Å²) in [4.78, 5) is 0. The Labute approximate surface area is 159 Å². The van der Waals surface area contributed by atoms with Crippen LogP contribution in [0, 0.1) is 17.1 Å². The van der Waals surface area contributed by atoms with Gasteiger partial charge in [0.1, 0.15) is 6.61 Å². The zero-order valence-corrected chi connectivity index (χ0v) is 15.2. The van der Waals surface area contributed by atoms with Crippen LogP contribution < -0.4 is 9.47 Å². The van der Waals surface area contributed by atoms with E-state index in [9.17, 15) is 0 Å². The first kappa shape index (κ1) is 17.8. The van der Waals surface area contributed by atoms with Crippen molar-refractivity contribution in [3.05, 3.63) is 45.9 Å². The number of terminal acetylenes is 1. The van der Waals surface area contributed by atoms with Crippen molar-refractivity contribution in [1.29, 1.82) is 0 Å². The van der Waals surface area contributed by atoms with Crippen molar-refractivity contribution < 1.29 is 13.9 Å². The van der Waals surface area contributed by atoms with Crippen molar-refractivity contribution in [1.82, 2.24) is 14.9 Å². The zero-order valence-electron chi connectivity index (χ0n) is 13.6. The van der Waals surface area contributed by atoms with E-state index in [1.807, 2.05) is 0 Å². The van der Waals surface area contributed by atoms with Gasteiger partial charge in [0.15, 0.2) is 17.3 Å². The van der Waals surface area contributed by atoms with Crippen LogP contribution in [0.4, 0.5) is 0 Å². The molecule has 0 unspecified atom stereocenters. The molecular weight excluding hydrogens is 376 g/mol. The third kappa shape index (κ3) is 3.64. The lowest BCUT2D eigenvalue weighted by atomic mass is 10.2. The third-order valence-electron chi connectivity index (χ3n) is 3.27. The second kappa shape index (κ2) is 7.91. The fourth-order valence-electron chi connectivity index (χ4n) is 2.16. The van der Waals surface area contributed by atoms with Gasteiger partial charge in [-0.2, -0.15) is 9.78 Å². The lowest BCUT2D eigenvalue weighted by Crippen LogP contribution is -1.99. The molecule has 0 aliphatic rings. The summed E-state index contributed by atoms with van der Waals surface area (Å²) in [5.41, 5.74) is 0.674. The number of hydrogen-bond donors (Lipinski definition) is 1. The average molecular weight is 389 g/mol. The van der Waals surface area contributed by atoms with E-state index in [0.717, 1.165) is 0 Å². The number of furan rings is 1. The molecule has 0 aliphatic heterocycles. The molecule has 0 aliphatic carbocycles. The summed E-state index contributed by atoms with van der Waals surface area (Å²) in [5.74, 6) is 4.18. The molecule has 1 N–H and O–H groups in total. The smallest absolute Gasteiger partial charge is 0.219 e. The van der Waals surface area contributed by atoms with Gasteiger partial charge in [0.05, 0.1) is 24.6 Å². The molecule has 0 spiro atoms. The lowest BCUT2D eigenvalue weighted by molar-refractivity contribution is 0.331. The molecule has 26 heavy (non-hydrogen) atoms. The largest absolute Gasteiger partial charge is 0.493 e. The predicted octanol–water partition coefficient (Wildman–Crippen LogP) is 3.76. The topological polar surface area (TPSA) is 77.6 Å². The standard InChI is InChI=1S/C17H13ClN4O3S/c1-3-6-25-15-12(18)8-11(9-14(15)23-2)10-19-22-16(20-21-17(22)26)13-5-4-7-24-13/h1,4-5,7-10H,6H2,2H3,(H,21,26)/b19-10-. The van der Waals surface area contributed by atoms with Gasteiger partial charge in [-0.1, -0.05) is 17.5 Å². The number of nitrogens with zero attached hydrogens (tertiary/aromatic N) is 3. The summed E-state index contributed by atoms with van der Waals surface area (Å²) in [5, 5.41) is 11.5. The van der Waals surface area contributed by atoms with E-state index >= 15 is 0 Å². The lowest BCUT2D eigenvalue weighted by Gasteiger charge is -2.11. The van der Waals surface area contributed by atoms with Gasteiger partial charge in [-0.3, -0.25) is 0 Å². The minimum Gasteiger partial charge on any atom is -0.493 e. The van der Waals surface area contributed by atoms with Crippen LogP contribution in [0.25, 0.3) is 11.6 Å². The summed E-state index contributed by atoms with van der Waals surface area (Å²) in [7, 11) is 1.51. The molecule has 0 bridgehead atoms. The SMILES string of the molecule is C#CCOc1c(Cl)cc(/C=N\n2c(-c3ccco3)n[nH]c2=S)cc1OC. The van der Waals surface area contributed by atoms with Crippen LogP contribution in [0.5, 0.6) is 11.5 Å². The maximum Gasteiger partial charge on any atom is 0.219 e. The number of aromatic nitrogens is 3. The number of benzene rings is 1. The molecule has 2 heterocycles. The van der Waals surface area contributed by atoms with Crippen molar-refractivity contribution in [2.24, 2.45) is 5.10 Å². The second-order valence-electron chi connectivity index (χ2n) is 4.91. The molecule has 2 aromatic heterocycles. The highest BCUT2D eigenvalue weighted by Crippen LogP contribution is 2.36. The molecule has 0 fully saturated rings. The first-order chi connectivity index (χ1) is 12.6. The van der Waals surface area contributed by atoms with Crippen molar-refractivity contribution in [2.45, 2.75) is 0 Å². The molecule has 3 aromatic rings. The van der Waals surface area contributed by atoms with Gasteiger partial charge in [0.2, 0.25) is 10.6 Å². The molecule has 0 saturated heterocycles. The average Bonchev–Trinajstić information content (AvgIpc) is 3.28. The number of hydrogen-bond acceptors (Lipinski definition) is 6. The number of rotatable bonds is 6. The minimum absolute atomic E-state index is 0.0835. The van der Waals surface area contributed by atoms with E-state index in [2.05, 4.69) is 21.2 Å². The molecule has 7 nitrogen and oxygen atoms in total. The van der Waals surface area contributed by atoms with E-state index in [1.165, 1.54) is 11.8 Å². The monoisotopic (exact) mass is 388 g/mol. The van der Waals surface area contributed by atoms with Crippen LogP contribution in [-0.2, 0) is 0 Å². The molecule has 0 amide bonds. The Hall–Kier alpha value is -3.02. The third-order valence-corrected chi connectivity index (χ3v) is 3.81. The highest BCUT2D eigenvalue weighted by atomic mass is 35.5. The van der Waals surface area contributed by atoms with E-state index in [0.29, 0.717) is 38.4 Å². The maximum atomic E-state index is 6.26. The first-order valence-corrected chi connectivity index (χ1v) is 8.12. The molecule has 3 rings (SSSR count). The first-order valence-electron chi connectivity index (χ1n) is 7.33. The maximum absolute atomic E-state index is 6.26. The number of nitrogens with one attached hydrogen (secondary N) is 1. The molecular formula is C17H13ClN4O3S. The van der Waals surface area contributed by atoms with Crippen LogP contribution in [0.15, 0.2) is 40.0 Å². The van der Waals surface area contributed by atoms with Gasteiger partial charge in [-0.05, 0) is 42.0 Å². The van der Waals surface area contributed by atoms with Gasteiger partial charge < -0.3 is 13.9 Å². The zero-order chi connectivity index (χ0) is 18.5. The fraction of sp³-hybridized carbons (Fsp3) is 0.118. The van der Waals surface area contributed by atoms with Crippen LogP contribution >= 0.6 is 23.8 Å². The molecule has 0 saturated carbocycles. The Bertz CT molecular complexity index is 1030. The van der Waals surface area contributed by atoms with Gasteiger partial charge in [0, 0.05) is 0 Å². The highest BCUT2D eigenvalue weighted by Gasteiger charge is 2.13. The quantitative estimate of drug-likeness (QED) is 0.395. The van der Waals surface area contributed by atoms with Gasteiger partial charge in [-0.15, -0.1) is 11.5 Å². The van der Waals surface area contributed by atoms with Crippen LogP contribution in [0.2, 0.25) is 5.02 Å². The number of ether oxygens (including phenoxy) is 2. The Morgan fingerprint density at radius 1 is 1.54 bits per heavy atom. The summed E-state index contributed by atoms with van der Waals surface area (Å²) in [6, 6.07) is 6.91. The fourth-order valence-corrected chi connectivity index (χ4v) is 2.61. The number of methoxy groups -OCH3 is 1. The molecule has 9 heteroatoms. The molecule has 0 radical (unpaired) electrons. The summed E-state index contributed by atoms with van der Waals surface area (Å²) in [6.45, 7) is 0.0835. The van der Waals surface area contributed by atoms with E-state index < -0.39 is 0 Å². The van der Waals surface area contributed by atoms with Crippen LogP contribution in [0.1, 0.15) is 5.56 Å². The Morgan fingerprint density at radius 3 is 3.08 bits per heavy atom. The van der Waals surface area contributed by atoms with Crippen LogP contribution in [0.3, 0.4) is 0 Å². The van der Waals surface area contributed by atoms with E-state index in [-0.39, 0.29) is 6.61 Å². The number of halogens is 1. The van der Waals surface area contributed by atoms with E-state index in [4.69, 9.17) is 44.1 Å². The Kier molecular flexibility index (Phi) is 5.41. The summed E-state index contributed by atoms with van der Waals surface area (Å²) >= 11 is 11.5. The second-order valence-corrected chi connectivity index (χ2v) is 5.71. The summed E-state index contributed by atoms with van der Waals surface area (Å²) < 4.78 is 17.8. The van der Waals surface area contributed by atoms with Gasteiger partial charge >= 0.3 is 0 Å². The van der Waals surface area contributed by atoms with Crippen molar-refractivity contribution in [3.8, 4) is 35.4 Å². The predicted molar refractivity (Wildman–Crippen MR) is 100 cm³/mol. The minimum atomic E-state index is 0.0835. The highest BCUT2D eigenvalue weighted by molar-refractivity contribution is 7.71.